The van der Waals surface area contributed by atoms with Crippen LogP contribution in [0.25, 0.3) is 10.9 Å². The van der Waals surface area contributed by atoms with E-state index in [0.29, 0.717) is 0 Å². The Morgan fingerprint density at radius 1 is 1.28 bits per heavy atom. The van der Waals surface area contributed by atoms with Gasteiger partial charge in [-0.1, -0.05) is 11.6 Å². The summed E-state index contributed by atoms with van der Waals surface area (Å²) >= 11 is 7.53. The number of benzene rings is 1. The largest absolute Gasteiger partial charge is 0.378 e. The fraction of sp³-hybridized carbons (Fsp3) is 0.143. The Balaban J connectivity index is 1.83. The Kier molecular flexibility index (Phi) is 3.02. The van der Waals surface area contributed by atoms with Gasteiger partial charge in [0, 0.05) is 28.8 Å². The first-order valence-corrected chi connectivity index (χ1v) is 7.06. The second kappa shape index (κ2) is 4.67. The van der Waals surface area contributed by atoms with Gasteiger partial charge in [-0.25, -0.2) is 0 Å². The van der Waals surface area contributed by atoms with E-state index in [9.17, 15) is 0 Å². The molecule has 92 valence electrons. The first-order chi connectivity index (χ1) is 8.72. The smallest absolute Gasteiger partial charge is 0.0931 e. The lowest BCUT2D eigenvalue weighted by Crippen LogP contribution is -2.05. The molecule has 2 heterocycles. The summed E-state index contributed by atoms with van der Waals surface area (Å²) in [6.45, 7) is 2.14. The van der Waals surface area contributed by atoms with Crippen LogP contribution in [0.2, 0.25) is 4.34 Å². The van der Waals surface area contributed by atoms with Crippen molar-refractivity contribution in [2.75, 3.05) is 5.32 Å². The van der Waals surface area contributed by atoms with Gasteiger partial charge in [-0.2, -0.15) is 0 Å². The van der Waals surface area contributed by atoms with Crippen molar-refractivity contribution in [3.05, 3.63) is 51.8 Å². The Morgan fingerprint density at radius 2 is 2.17 bits per heavy atom. The lowest BCUT2D eigenvalue weighted by atomic mass is 10.1. The predicted molar refractivity (Wildman–Crippen MR) is 79.7 cm³/mol. The molecular formula is C14H13ClN2S. The van der Waals surface area contributed by atoms with Gasteiger partial charge in [-0.15, -0.1) is 11.3 Å². The predicted octanol–water partition coefficient (Wildman–Crippen LogP) is 5.06. The SMILES string of the molecule is CC(Nc1ccc2[nH]ccc2c1)c1csc(Cl)c1. The molecule has 0 aliphatic heterocycles. The normalized spacial score (nSPS) is 12.8. The van der Waals surface area contributed by atoms with Crippen molar-refractivity contribution < 1.29 is 0 Å². The van der Waals surface area contributed by atoms with Crippen LogP contribution in [-0.2, 0) is 0 Å². The van der Waals surface area contributed by atoms with Gasteiger partial charge in [0.05, 0.1) is 4.34 Å². The number of rotatable bonds is 3. The number of aromatic amines is 1. The Morgan fingerprint density at radius 3 is 2.94 bits per heavy atom. The summed E-state index contributed by atoms with van der Waals surface area (Å²) in [5, 5.41) is 6.80. The zero-order chi connectivity index (χ0) is 12.5. The van der Waals surface area contributed by atoms with Crippen LogP contribution < -0.4 is 5.32 Å². The number of hydrogen-bond acceptors (Lipinski definition) is 2. The van der Waals surface area contributed by atoms with Gasteiger partial charge >= 0.3 is 0 Å². The number of aromatic nitrogens is 1. The molecular weight excluding hydrogens is 264 g/mol. The molecule has 4 heteroatoms. The number of anilines is 1. The van der Waals surface area contributed by atoms with E-state index in [4.69, 9.17) is 11.6 Å². The van der Waals surface area contributed by atoms with Crippen molar-refractivity contribution in [1.29, 1.82) is 0 Å². The molecule has 0 fully saturated rings. The molecule has 0 bridgehead atoms. The zero-order valence-corrected chi connectivity index (χ0v) is 11.5. The minimum Gasteiger partial charge on any atom is -0.378 e. The van der Waals surface area contributed by atoms with E-state index in [0.717, 1.165) is 15.5 Å². The van der Waals surface area contributed by atoms with Gasteiger partial charge in [-0.3, -0.25) is 0 Å². The molecule has 1 unspecified atom stereocenters. The van der Waals surface area contributed by atoms with E-state index >= 15 is 0 Å². The highest BCUT2D eigenvalue weighted by molar-refractivity contribution is 7.14. The number of fused-ring (bicyclic) bond motifs is 1. The first-order valence-electron chi connectivity index (χ1n) is 5.80. The molecule has 2 nitrogen and oxygen atoms in total. The maximum Gasteiger partial charge on any atom is 0.0931 e. The van der Waals surface area contributed by atoms with Crippen LogP contribution >= 0.6 is 22.9 Å². The van der Waals surface area contributed by atoms with Gasteiger partial charge < -0.3 is 10.3 Å². The molecule has 0 saturated heterocycles. The van der Waals surface area contributed by atoms with E-state index in [1.54, 1.807) is 11.3 Å². The molecule has 0 aliphatic rings. The minimum atomic E-state index is 0.255. The highest BCUT2D eigenvalue weighted by Gasteiger charge is 2.07. The number of halogens is 1. The lowest BCUT2D eigenvalue weighted by Gasteiger charge is -2.14. The van der Waals surface area contributed by atoms with E-state index in [2.05, 4.69) is 46.9 Å². The summed E-state index contributed by atoms with van der Waals surface area (Å²) in [4.78, 5) is 3.19. The van der Waals surface area contributed by atoms with Gasteiger partial charge in [0.15, 0.2) is 0 Å². The average Bonchev–Trinajstić information content (AvgIpc) is 2.96. The number of hydrogen-bond donors (Lipinski definition) is 2. The standard InChI is InChI=1S/C14H13ClN2S/c1-9(11-7-14(15)18-8-11)17-12-2-3-13-10(6-12)4-5-16-13/h2-9,16-17H,1H3. The van der Waals surface area contributed by atoms with E-state index < -0.39 is 0 Å². The van der Waals surface area contributed by atoms with Crippen LogP contribution in [0.1, 0.15) is 18.5 Å². The third kappa shape index (κ3) is 2.24. The molecule has 1 aromatic carbocycles. The van der Waals surface area contributed by atoms with Gasteiger partial charge in [0.25, 0.3) is 0 Å². The summed E-state index contributed by atoms with van der Waals surface area (Å²) in [6.07, 6.45) is 1.95. The van der Waals surface area contributed by atoms with Gasteiger partial charge in [-0.05, 0) is 48.2 Å². The second-order valence-corrected chi connectivity index (χ2v) is 5.87. The molecule has 0 spiro atoms. The van der Waals surface area contributed by atoms with Crippen LogP contribution in [-0.4, -0.2) is 4.98 Å². The third-order valence-corrected chi connectivity index (χ3v) is 4.13. The zero-order valence-electron chi connectivity index (χ0n) is 9.91. The Bertz CT molecular complexity index is 671. The molecule has 0 amide bonds. The molecule has 0 saturated carbocycles. The van der Waals surface area contributed by atoms with E-state index in [1.807, 2.05) is 12.3 Å². The van der Waals surface area contributed by atoms with Crippen molar-refractivity contribution in [3.63, 3.8) is 0 Å². The van der Waals surface area contributed by atoms with Gasteiger partial charge in [0.2, 0.25) is 0 Å². The molecule has 1 atom stereocenters. The molecule has 3 rings (SSSR count). The Labute approximate surface area is 115 Å². The Hall–Kier alpha value is -1.45. The fourth-order valence-corrected chi connectivity index (χ4v) is 3.01. The maximum absolute atomic E-state index is 5.96. The van der Waals surface area contributed by atoms with Crippen molar-refractivity contribution in [2.24, 2.45) is 0 Å². The second-order valence-electron chi connectivity index (χ2n) is 4.33. The van der Waals surface area contributed by atoms with Crippen LogP contribution in [0.4, 0.5) is 5.69 Å². The molecule has 2 N–H and O–H groups in total. The van der Waals surface area contributed by atoms with E-state index in [-0.39, 0.29) is 6.04 Å². The number of thiophene rings is 1. The average molecular weight is 277 g/mol. The summed E-state index contributed by atoms with van der Waals surface area (Å²) in [6, 6.07) is 10.7. The van der Waals surface area contributed by atoms with Crippen LogP contribution in [0.5, 0.6) is 0 Å². The summed E-state index contributed by atoms with van der Waals surface area (Å²) < 4.78 is 0.833. The van der Waals surface area contributed by atoms with Crippen LogP contribution in [0.3, 0.4) is 0 Å². The minimum absolute atomic E-state index is 0.255. The van der Waals surface area contributed by atoms with Crippen molar-refractivity contribution >= 4 is 39.5 Å². The van der Waals surface area contributed by atoms with Crippen LogP contribution in [0, 0.1) is 0 Å². The topological polar surface area (TPSA) is 27.8 Å². The first kappa shape index (κ1) is 11.6. The summed E-state index contributed by atoms with van der Waals surface area (Å²) in [5.74, 6) is 0. The number of H-pyrrole nitrogens is 1. The molecule has 18 heavy (non-hydrogen) atoms. The third-order valence-electron chi connectivity index (χ3n) is 3.02. The van der Waals surface area contributed by atoms with Crippen molar-refractivity contribution in [3.8, 4) is 0 Å². The highest BCUT2D eigenvalue weighted by Crippen LogP contribution is 2.28. The molecule has 3 aromatic rings. The van der Waals surface area contributed by atoms with E-state index in [1.165, 1.54) is 10.9 Å². The van der Waals surface area contributed by atoms with Crippen LogP contribution in [0.15, 0.2) is 41.9 Å². The quantitative estimate of drug-likeness (QED) is 0.688. The maximum atomic E-state index is 5.96. The highest BCUT2D eigenvalue weighted by atomic mass is 35.5. The number of nitrogens with one attached hydrogen (secondary N) is 2. The summed E-state index contributed by atoms with van der Waals surface area (Å²) in [7, 11) is 0. The fourth-order valence-electron chi connectivity index (χ4n) is 2.03. The van der Waals surface area contributed by atoms with Gasteiger partial charge in [0.1, 0.15) is 0 Å². The molecule has 0 radical (unpaired) electrons. The monoisotopic (exact) mass is 276 g/mol. The van der Waals surface area contributed by atoms with Crippen molar-refractivity contribution in [2.45, 2.75) is 13.0 Å². The molecule has 0 aliphatic carbocycles. The molecule has 2 aromatic heterocycles. The lowest BCUT2D eigenvalue weighted by molar-refractivity contribution is 0.891. The summed E-state index contributed by atoms with van der Waals surface area (Å²) in [5.41, 5.74) is 3.50. The van der Waals surface area contributed by atoms with Crippen molar-refractivity contribution in [1.82, 2.24) is 4.98 Å².